The van der Waals surface area contributed by atoms with Crippen LogP contribution in [0.4, 0.5) is 0 Å². The van der Waals surface area contributed by atoms with Crippen LogP contribution in [-0.4, -0.2) is 51.9 Å². The molecule has 0 fully saturated rings. The van der Waals surface area contributed by atoms with E-state index in [1.807, 2.05) is 0 Å². The molecule has 1 atom stereocenters. The van der Waals surface area contributed by atoms with Crippen LogP contribution in [0.15, 0.2) is 34.9 Å². The second-order valence-electron chi connectivity index (χ2n) is 7.27. The summed E-state index contributed by atoms with van der Waals surface area (Å²) < 4.78 is 5.57. The number of rotatable bonds is 5. The molecule has 0 spiro atoms. The Labute approximate surface area is 192 Å². The molecule has 4 N–H and O–H groups in total. The number of amides is 2. The third-order valence-electron chi connectivity index (χ3n) is 5.26. The maximum atomic E-state index is 12.9. The summed E-state index contributed by atoms with van der Waals surface area (Å²) in [7, 11) is 0. The summed E-state index contributed by atoms with van der Waals surface area (Å²) >= 11 is 12.8. The van der Waals surface area contributed by atoms with Crippen molar-refractivity contribution in [3.8, 4) is 0 Å². The average molecular weight is 477 g/mol. The van der Waals surface area contributed by atoms with Crippen molar-refractivity contribution >= 4 is 52.1 Å². The van der Waals surface area contributed by atoms with Gasteiger partial charge in [-0.3, -0.25) is 9.59 Å². The number of pyridine rings is 1. The molecule has 0 bridgehead atoms. The average Bonchev–Trinajstić information content (AvgIpc) is 3.20. The van der Waals surface area contributed by atoms with Crippen LogP contribution in [0.1, 0.15) is 32.0 Å². The molecule has 3 aromatic rings. The van der Waals surface area contributed by atoms with Gasteiger partial charge in [-0.25, -0.2) is 9.78 Å². The normalized spacial score (nSPS) is 14.2. The Kier molecular flexibility index (Phi) is 6.05. The SMILES string of the molecule is NC[C@H](NC(=O)c1c(Cl)cc2c(c1Cl)CCN(C(=O)c1cc3cccnc3o1)C2)C(=O)O. The first kappa shape index (κ1) is 22.1. The molecule has 2 aromatic heterocycles. The van der Waals surface area contributed by atoms with Gasteiger partial charge in [0.05, 0.1) is 15.6 Å². The molecule has 166 valence electrons. The number of benzene rings is 1. The second kappa shape index (κ2) is 8.78. The minimum Gasteiger partial charge on any atom is -0.480 e. The van der Waals surface area contributed by atoms with Crippen LogP contribution in [0.3, 0.4) is 0 Å². The summed E-state index contributed by atoms with van der Waals surface area (Å²) in [5.74, 6) is -2.11. The Bertz CT molecular complexity index is 1210. The van der Waals surface area contributed by atoms with Gasteiger partial charge in [0.2, 0.25) is 5.71 Å². The van der Waals surface area contributed by atoms with Gasteiger partial charge in [0.25, 0.3) is 11.8 Å². The molecule has 11 heteroatoms. The number of carboxylic acids is 1. The van der Waals surface area contributed by atoms with Crippen LogP contribution in [-0.2, 0) is 17.8 Å². The monoisotopic (exact) mass is 476 g/mol. The summed E-state index contributed by atoms with van der Waals surface area (Å²) in [4.78, 5) is 42.4. The van der Waals surface area contributed by atoms with E-state index in [4.69, 9.17) is 38.5 Å². The third kappa shape index (κ3) is 4.02. The van der Waals surface area contributed by atoms with Crippen molar-refractivity contribution in [1.82, 2.24) is 15.2 Å². The Balaban J connectivity index is 1.58. The Morgan fingerprint density at radius 3 is 2.78 bits per heavy atom. The maximum Gasteiger partial charge on any atom is 0.327 e. The summed E-state index contributed by atoms with van der Waals surface area (Å²) in [5, 5.41) is 12.3. The lowest BCUT2D eigenvalue weighted by Crippen LogP contribution is -2.46. The number of halogens is 2. The van der Waals surface area contributed by atoms with E-state index in [9.17, 15) is 14.4 Å². The van der Waals surface area contributed by atoms with Gasteiger partial charge < -0.3 is 25.5 Å². The molecule has 32 heavy (non-hydrogen) atoms. The number of aromatic nitrogens is 1. The third-order valence-corrected chi connectivity index (χ3v) is 5.98. The number of hydrogen-bond acceptors (Lipinski definition) is 6. The zero-order valence-corrected chi connectivity index (χ0v) is 18.1. The molecule has 9 nitrogen and oxygen atoms in total. The van der Waals surface area contributed by atoms with Gasteiger partial charge in [-0.05, 0) is 41.8 Å². The number of nitrogens with one attached hydrogen (secondary N) is 1. The van der Waals surface area contributed by atoms with Gasteiger partial charge in [0, 0.05) is 31.2 Å². The lowest BCUT2D eigenvalue weighted by molar-refractivity contribution is -0.138. The van der Waals surface area contributed by atoms with E-state index in [2.05, 4.69) is 10.3 Å². The van der Waals surface area contributed by atoms with Crippen molar-refractivity contribution in [2.24, 2.45) is 5.73 Å². The zero-order chi connectivity index (χ0) is 23.0. The number of carbonyl (C=O) groups is 3. The number of carboxylic acid groups (broad SMARTS) is 1. The van der Waals surface area contributed by atoms with Crippen molar-refractivity contribution in [1.29, 1.82) is 0 Å². The van der Waals surface area contributed by atoms with E-state index in [1.165, 1.54) is 0 Å². The van der Waals surface area contributed by atoms with E-state index in [-0.39, 0.29) is 40.4 Å². The largest absolute Gasteiger partial charge is 0.480 e. The predicted octanol–water partition coefficient (Wildman–Crippen LogP) is 2.47. The smallest absolute Gasteiger partial charge is 0.327 e. The number of furan rings is 1. The predicted molar refractivity (Wildman–Crippen MR) is 117 cm³/mol. The molecule has 3 heterocycles. The van der Waals surface area contributed by atoms with Gasteiger partial charge in [-0.15, -0.1) is 0 Å². The summed E-state index contributed by atoms with van der Waals surface area (Å²) in [6.07, 6.45) is 1.97. The number of hydrogen-bond donors (Lipinski definition) is 3. The first-order chi connectivity index (χ1) is 15.3. The maximum absolute atomic E-state index is 12.9. The van der Waals surface area contributed by atoms with Gasteiger partial charge in [0.15, 0.2) is 5.76 Å². The Morgan fingerprint density at radius 1 is 1.31 bits per heavy atom. The molecule has 0 radical (unpaired) electrons. The molecule has 0 aliphatic carbocycles. The van der Waals surface area contributed by atoms with Gasteiger partial charge in [-0.2, -0.15) is 0 Å². The van der Waals surface area contributed by atoms with Crippen LogP contribution in [0.5, 0.6) is 0 Å². The van der Waals surface area contributed by atoms with Crippen molar-refractivity contribution in [3.63, 3.8) is 0 Å². The van der Waals surface area contributed by atoms with Gasteiger partial charge >= 0.3 is 5.97 Å². The van der Waals surface area contributed by atoms with Crippen molar-refractivity contribution in [2.75, 3.05) is 13.1 Å². The van der Waals surface area contributed by atoms with Crippen molar-refractivity contribution in [2.45, 2.75) is 19.0 Å². The van der Waals surface area contributed by atoms with E-state index in [0.717, 1.165) is 5.39 Å². The zero-order valence-electron chi connectivity index (χ0n) is 16.6. The summed E-state index contributed by atoms with van der Waals surface area (Å²) in [6, 6.07) is 5.50. The van der Waals surface area contributed by atoms with Crippen molar-refractivity contribution in [3.05, 3.63) is 63.0 Å². The topological polar surface area (TPSA) is 139 Å². The molecule has 1 aliphatic rings. The van der Waals surface area contributed by atoms with Crippen LogP contribution in [0.2, 0.25) is 10.0 Å². The summed E-state index contributed by atoms with van der Waals surface area (Å²) in [5.41, 5.74) is 7.13. The highest BCUT2D eigenvalue weighted by Crippen LogP contribution is 2.35. The van der Waals surface area contributed by atoms with E-state index >= 15 is 0 Å². The lowest BCUT2D eigenvalue weighted by atomic mass is 9.96. The van der Waals surface area contributed by atoms with Crippen LogP contribution in [0.25, 0.3) is 11.1 Å². The highest BCUT2D eigenvalue weighted by Gasteiger charge is 2.30. The molecule has 0 saturated carbocycles. The molecular formula is C21H18Cl2N4O5. The molecule has 4 rings (SSSR count). The van der Waals surface area contributed by atoms with Gasteiger partial charge in [-0.1, -0.05) is 23.2 Å². The minimum atomic E-state index is -1.27. The summed E-state index contributed by atoms with van der Waals surface area (Å²) in [6.45, 7) is 0.287. The fourth-order valence-corrected chi connectivity index (χ4v) is 4.38. The minimum absolute atomic E-state index is 0.0186. The van der Waals surface area contributed by atoms with E-state index in [0.29, 0.717) is 29.8 Å². The van der Waals surface area contributed by atoms with Gasteiger partial charge in [0.1, 0.15) is 6.04 Å². The molecular weight excluding hydrogens is 459 g/mol. The Morgan fingerprint density at radius 2 is 2.09 bits per heavy atom. The number of carbonyl (C=O) groups excluding carboxylic acids is 2. The number of nitrogens with zero attached hydrogens (tertiary/aromatic N) is 2. The van der Waals surface area contributed by atoms with Crippen molar-refractivity contribution < 1.29 is 23.9 Å². The van der Waals surface area contributed by atoms with Crippen LogP contribution < -0.4 is 11.1 Å². The number of nitrogens with two attached hydrogens (primary N) is 1. The van der Waals surface area contributed by atoms with E-state index in [1.54, 1.807) is 35.4 Å². The quantitative estimate of drug-likeness (QED) is 0.513. The Hall–Kier alpha value is -3.14. The van der Waals surface area contributed by atoms with E-state index < -0.39 is 17.9 Å². The molecule has 1 aromatic carbocycles. The number of fused-ring (bicyclic) bond motifs is 2. The first-order valence-corrected chi connectivity index (χ1v) is 10.4. The second-order valence-corrected chi connectivity index (χ2v) is 8.06. The molecule has 0 unspecified atom stereocenters. The standard InChI is InChI=1S/C21H18Cl2N4O5/c22-13-6-11-9-27(20(29)15-7-10-2-1-4-25-19(10)32-15)5-3-12(11)17(23)16(13)18(28)26-14(8-24)21(30)31/h1-2,4,6-7,14H,3,5,8-9,24H2,(H,26,28)(H,30,31)/t14-/m0/s1. The van der Waals surface area contributed by atoms with Crippen LogP contribution >= 0.6 is 23.2 Å². The molecule has 0 saturated heterocycles. The number of aliphatic carboxylic acids is 1. The highest BCUT2D eigenvalue weighted by atomic mass is 35.5. The lowest BCUT2D eigenvalue weighted by Gasteiger charge is -2.29. The fraction of sp³-hybridized carbons (Fsp3) is 0.238. The van der Waals surface area contributed by atoms with Crippen LogP contribution in [0, 0.1) is 0 Å². The molecule has 1 aliphatic heterocycles. The highest BCUT2D eigenvalue weighted by molar-refractivity contribution is 6.40. The molecule has 2 amide bonds. The first-order valence-electron chi connectivity index (χ1n) is 9.67. The fourth-order valence-electron chi connectivity index (χ4n) is 3.62.